The lowest BCUT2D eigenvalue weighted by Gasteiger charge is -2.15. The van der Waals surface area contributed by atoms with Crippen LogP contribution in [-0.4, -0.2) is 13.0 Å². The summed E-state index contributed by atoms with van der Waals surface area (Å²) in [5, 5.41) is -0.786. The Morgan fingerprint density at radius 3 is 2.33 bits per heavy atom. The van der Waals surface area contributed by atoms with Crippen molar-refractivity contribution < 1.29 is 17.6 Å². The lowest BCUT2D eigenvalue weighted by molar-refractivity contribution is 0.115. The molecule has 2 N–H and O–H groups in total. The molecule has 0 bridgehead atoms. The van der Waals surface area contributed by atoms with E-state index in [2.05, 4.69) is 0 Å². The Morgan fingerprint density at radius 1 is 1.27 bits per heavy atom. The monoisotopic (exact) mass is 241 g/mol. The molecule has 0 radical (unpaired) electrons. The maximum absolute atomic E-state index is 13.3. The molecular formula is C9H8ClF4N. The molecule has 0 heterocycles. The first-order valence-electron chi connectivity index (χ1n) is 4.10. The van der Waals surface area contributed by atoms with Gasteiger partial charge in [-0.1, -0.05) is 17.7 Å². The van der Waals surface area contributed by atoms with Gasteiger partial charge in [-0.15, -0.1) is 0 Å². The van der Waals surface area contributed by atoms with E-state index in [0.717, 1.165) is 12.1 Å². The van der Waals surface area contributed by atoms with E-state index in [1.807, 2.05) is 0 Å². The summed E-state index contributed by atoms with van der Waals surface area (Å²) in [6.45, 7) is -0.434. The second kappa shape index (κ2) is 4.81. The van der Waals surface area contributed by atoms with E-state index in [9.17, 15) is 17.6 Å². The first-order valence-corrected chi connectivity index (χ1v) is 4.48. The van der Waals surface area contributed by atoms with Crippen molar-refractivity contribution in [2.45, 2.75) is 12.3 Å². The minimum absolute atomic E-state index is 0.362. The average Bonchev–Trinajstić information content (AvgIpc) is 2.18. The molecule has 1 aromatic rings. The largest absolute Gasteiger partial charge is 0.330 e. The molecule has 1 rings (SSSR count). The predicted molar refractivity (Wildman–Crippen MR) is 49.2 cm³/mol. The molecule has 1 atom stereocenters. The van der Waals surface area contributed by atoms with Crippen LogP contribution in [0, 0.1) is 11.6 Å². The smallest absolute Gasteiger partial charge is 0.246 e. The van der Waals surface area contributed by atoms with Gasteiger partial charge in [0, 0.05) is 6.54 Å². The lowest BCUT2D eigenvalue weighted by Crippen LogP contribution is -2.21. The zero-order chi connectivity index (χ0) is 11.6. The van der Waals surface area contributed by atoms with Gasteiger partial charge in [-0.05, 0) is 11.6 Å². The van der Waals surface area contributed by atoms with Gasteiger partial charge in [0.1, 0.15) is 16.7 Å². The van der Waals surface area contributed by atoms with E-state index in [4.69, 9.17) is 17.3 Å². The number of alkyl halides is 2. The maximum atomic E-state index is 13.3. The molecule has 6 heteroatoms. The topological polar surface area (TPSA) is 26.0 Å². The molecule has 1 nitrogen and oxygen atoms in total. The second-order valence-corrected chi connectivity index (χ2v) is 3.32. The highest BCUT2D eigenvalue weighted by Crippen LogP contribution is 2.30. The Morgan fingerprint density at radius 2 is 1.87 bits per heavy atom. The summed E-state index contributed by atoms with van der Waals surface area (Å²) in [6.07, 6.45) is -2.81. The highest BCUT2D eigenvalue weighted by molar-refractivity contribution is 6.30. The molecule has 15 heavy (non-hydrogen) atoms. The van der Waals surface area contributed by atoms with Crippen LogP contribution < -0.4 is 5.73 Å². The Hall–Kier alpha value is -0.810. The van der Waals surface area contributed by atoms with Crippen molar-refractivity contribution in [3.8, 4) is 0 Å². The first-order chi connectivity index (χ1) is 6.99. The van der Waals surface area contributed by atoms with Gasteiger partial charge in [0.15, 0.2) is 0 Å². The van der Waals surface area contributed by atoms with Gasteiger partial charge < -0.3 is 5.73 Å². The quantitative estimate of drug-likeness (QED) is 0.639. The fourth-order valence-electron chi connectivity index (χ4n) is 1.19. The van der Waals surface area contributed by atoms with Crippen LogP contribution >= 0.6 is 11.6 Å². The second-order valence-electron chi connectivity index (χ2n) is 2.94. The van der Waals surface area contributed by atoms with Crippen molar-refractivity contribution in [2.24, 2.45) is 5.73 Å². The summed E-state index contributed by atoms with van der Waals surface area (Å²) in [6, 6.07) is 1.77. The maximum Gasteiger partial charge on any atom is 0.246 e. The Bertz CT molecular complexity index is 356. The minimum atomic E-state index is -2.81. The standard InChI is InChI=1S/C9H8ClF4N/c10-7-6(11)2-1-4(8(7)12)5(3-15)9(13)14/h1-2,5,9H,3,15H2. The minimum Gasteiger partial charge on any atom is -0.330 e. The van der Waals surface area contributed by atoms with Gasteiger partial charge in [-0.2, -0.15) is 0 Å². The summed E-state index contributed by atoms with van der Waals surface area (Å²) < 4.78 is 50.9. The third-order valence-corrected chi connectivity index (χ3v) is 2.37. The molecule has 0 aliphatic heterocycles. The summed E-state index contributed by atoms with van der Waals surface area (Å²) >= 11 is 5.25. The Kier molecular flexibility index (Phi) is 3.93. The van der Waals surface area contributed by atoms with Gasteiger partial charge in [0.05, 0.1) is 5.92 Å². The van der Waals surface area contributed by atoms with Crippen LogP contribution in [0.5, 0.6) is 0 Å². The van der Waals surface area contributed by atoms with Crippen LogP contribution in [0.3, 0.4) is 0 Å². The van der Waals surface area contributed by atoms with Crippen molar-refractivity contribution >= 4 is 11.6 Å². The molecule has 84 valence electrons. The SMILES string of the molecule is NCC(c1ccc(F)c(Cl)c1F)C(F)F. The van der Waals surface area contributed by atoms with Crippen molar-refractivity contribution in [1.29, 1.82) is 0 Å². The number of hydrogen-bond donors (Lipinski definition) is 1. The fraction of sp³-hybridized carbons (Fsp3) is 0.333. The number of benzene rings is 1. The van der Waals surface area contributed by atoms with E-state index in [0.29, 0.717) is 0 Å². The predicted octanol–water partition coefficient (Wildman–Crippen LogP) is 2.93. The highest BCUT2D eigenvalue weighted by atomic mass is 35.5. The molecule has 1 unspecified atom stereocenters. The molecule has 0 aliphatic rings. The van der Waals surface area contributed by atoms with Crippen molar-refractivity contribution in [2.75, 3.05) is 6.54 Å². The van der Waals surface area contributed by atoms with Gasteiger partial charge in [0.2, 0.25) is 6.43 Å². The van der Waals surface area contributed by atoms with E-state index < -0.39 is 35.5 Å². The summed E-state index contributed by atoms with van der Waals surface area (Å²) in [5.74, 6) is -3.63. The normalized spacial score (nSPS) is 13.3. The Labute approximate surface area is 88.8 Å². The molecule has 0 saturated heterocycles. The molecule has 0 spiro atoms. The van der Waals surface area contributed by atoms with Crippen molar-refractivity contribution in [3.63, 3.8) is 0 Å². The third-order valence-electron chi connectivity index (χ3n) is 2.02. The number of halogens is 5. The number of hydrogen-bond acceptors (Lipinski definition) is 1. The van der Waals surface area contributed by atoms with E-state index in [-0.39, 0.29) is 5.56 Å². The van der Waals surface area contributed by atoms with E-state index >= 15 is 0 Å². The van der Waals surface area contributed by atoms with E-state index in [1.165, 1.54) is 0 Å². The Balaban J connectivity index is 3.19. The van der Waals surface area contributed by atoms with Crippen molar-refractivity contribution in [3.05, 3.63) is 34.4 Å². The summed E-state index contributed by atoms with van der Waals surface area (Å²) in [7, 11) is 0. The van der Waals surface area contributed by atoms with E-state index in [1.54, 1.807) is 0 Å². The zero-order valence-corrected chi connectivity index (χ0v) is 8.24. The molecule has 0 saturated carbocycles. The fourth-order valence-corrected chi connectivity index (χ4v) is 1.36. The molecule has 0 aliphatic carbocycles. The molecular weight excluding hydrogens is 234 g/mol. The summed E-state index contributed by atoms with van der Waals surface area (Å²) in [4.78, 5) is 0. The van der Waals surface area contributed by atoms with Crippen LogP contribution in [0.4, 0.5) is 17.6 Å². The van der Waals surface area contributed by atoms with Gasteiger partial charge >= 0.3 is 0 Å². The average molecular weight is 242 g/mol. The number of nitrogens with two attached hydrogens (primary N) is 1. The van der Waals surface area contributed by atoms with Gasteiger partial charge in [0.25, 0.3) is 0 Å². The summed E-state index contributed by atoms with van der Waals surface area (Å²) in [5.41, 5.74) is 4.72. The van der Waals surface area contributed by atoms with Crippen LogP contribution in [0.1, 0.15) is 11.5 Å². The molecule has 1 aromatic carbocycles. The van der Waals surface area contributed by atoms with Crippen LogP contribution in [0.15, 0.2) is 12.1 Å². The van der Waals surface area contributed by atoms with Crippen LogP contribution in [0.25, 0.3) is 0 Å². The molecule has 0 fully saturated rings. The zero-order valence-electron chi connectivity index (χ0n) is 7.48. The molecule has 0 amide bonds. The molecule has 0 aromatic heterocycles. The van der Waals surface area contributed by atoms with Crippen LogP contribution in [0.2, 0.25) is 5.02 Å². The van der Waals surface area contributed by atoms with Crippen molar-refractivity contribution in [1.82, 2.24) is 0 Å². The van der Waals surface area contributed by atoms with Gasteiger partial charge in [-0.3, -0.25) is 0 Å². The number of rotatable bonds is 3. The van der Waals surface area contributed by atoms with Gasteiger partial charge in [-0.25, -0.2) is 17.6 Å². The third kappa shape index (κ3) is 2.41. The van der Waals surface area contributed by atoms with Crippen LogP contribution in [-0.2, 0) is 0 Å². The lowest BCUT2D eigenvalue weighted by atomic mass is 9.99. The first kappa shape index (κ1) is 12.3. The highest BCUT2D eigenvalue weighted by Gasteiger charge is 2.25.